The van der Waals surface area contributed by atoms with Crippen molar-refractivity contribution in [3.63, 3.8) is 0 Å². The van der Waals surface area contributed by atoms with E-state index >= 15 is 0 Å². The molecule has 158 valence electrons. The van der Waals surface area contributed by atoms with E-state index in [9.17, 15) is 24.8 Å². The molecule has 0 unspecified atom stereocenters. The van der Waals surface area contributed by atoms with Gasteiger partial charge >= 0.3 is 0 Å². The number of hydrogen-bond donors (Lipinski definition) is 3. The van der Waals surface area contributed by atoms with Crippen LogP contribution in [0.2, 0.25) is 0 Å². The van der Waals surface area contributed by atoms with Gasteiger partial charge in [0.1, 0.15) is 5.75 Å². The van der Waals surface area contributed by atoms with Gasteiger partial charge in [0, 0.05) is 18.9 Å². The van der Waals surface area contributed by atoms with E-state index in [1.165, 1.54) is 18.3 Å². The van der Waals surface area contributed by atoms with E-state index < -0.39 is 4.92 Å². The standard InChI is InChI=1S/C21H24N4O5/c26-19-12-8-6-10-17(19)23-20(27)13-3-1-2-4-14-21(28)24-22-15-16-9-5-7-11-18(16)25(29)30/h5-12,15,26H,1-4,13-14H2,(H,23,27)(H,24,28)/b22-15+. The van der Waals surface area contributed by atoms with Crippen molar-refractivity contribution < 1.29 is 19.6 Å². The lowest BCUT2D eigenvalue weighted by atomic mass is 10.1. The zero-order valence-corrected chi connectivity index (χ0v) is 16.4. The zero-order valence-electron chi connectivity index (χ0n) is 16.4. The highest BCUT2D eigenvalue weighted by atomic mass is 16.6. The number of phenols is 1. The van der Waals surface area contributed by atoms with Crippen LogP contribution in [-0.2, 0) is 9.59 Å². The number of benzene rings is 2. The van der Waals surface area contributed by atoms with E-state index in [1.807, 2.05) is 0 Å². The first kappa shape index (κ1) is 22.5. The fraction of sp³-hybridized carbons (Fsp3) is 0.286. The topological polar surface area (TPSA) is 134 Å². The summed E-state index contributed by atoms with van der Waals surface area (Å²) in [6.07, 6.45) is 4.76. The van der Waals surface area contributed by atoms with Crippen molar-refractivity contribution in [1.82, 2.24) is 5.43 Å². The Morgan fingerprint density at radius 1 is 0.967 bits per heavy atom. The maximum absolute atomic E-state index is 11.9. The summed E-state index contributed by atoms with van der Waals surface area (Å²) in [7, 11) is 0. The van der Waals surface area contributed by atoms with Crippen molar-refractivity contribution in [3.05, 3.63) is 64.2 Å². The number of hydrazone groups is 1. The van der Waals surface area contributed by atoms with Crippen LogP contribution in [0.4, 0.5) is 11.4 Å². The SMILES string of the molecule is O=C(CCCCCCC(=O)Nc1ccccc1O)N/N=C/c1ccccc1[N+](=O)[O-]. The third-order valence-corrected chi connectivity index (χ3v) is 4.26. The molecule has 9 nitrogen and oxygen atoms in total. The molecule has 30 heavy (non-hydrogen) atoms. The Hall–Kier alpha value is -3.75. The van der Waals surface area contributed by atoms with Gasteiger partial charge in [-0.25, -0.2) is 5.43 Å². The molecule has 2 rings (SSSR count). The third kappa shape index (κ3) is 7.70. The summed E-state index contributed by atoms with van der Waals surface area (Å²) in [5.41, 5.74) is 2.98. The summed E-state index contributed by atoms with van der Waals surface area (Å²) in [5.74, 6) is -0.415. The van der Waals surface area contributed by atoms with E-state index in [4.69, 9.17) is 0 Å². The van der Waals surface area contributed by atoms with E-state index in [0.29, 0.717) is 30.5 Å². The molecule has 9 heteroatoms. The average molecular weight is 412 g/mol. The first-order valence-corrected chi connectivity index (χ1v) is 9.60. The lowest BCUT2D eigenvalue weighted by molar-refractivity contribution is -0.385. The number of carbonyl (C=O) groups is 2. The van der Waals surface area contributed by atoms with Crippen LogP contribution < -0.4 is 10.7 Å². The lowest BCUT2D eigenvalue weighted by Gasteiger charge is -2.06. The molecule has 0 aromatic heterocycles. The number of amides is 2. The highest BCUT2D eigenvalue weighted by molar-refractivity contribution is 5.92. The Bertz CT molecular complexity index is 914. The molecule has 2 aromatic rings. The number of nitro groups is 1. The molecule has 0 heterocycles. The third-order valence-electron chi connectivity index (χ3n) is 4.26. The second-order valence-electron chi connectivity index (χ2n) is 6.59. The van der Waals surface area contributed by atoms with Crippen molar-refractivity contribution >= 4 is 29.4 Å². The van der Waals surface area contributed by atoms with Gasteiger partial charge in [0.25, 0.3) is 5.69 Å². The largest absolute Gasteiger partial charge is 0.506 e. The van der Waals surface area contributed by atoms with Crippen molar-refractivity contribution in [1.29, 1.82) is 0 Å². The first-order chi connectivity index (χ1) is 14.5. The lowest BCUT2D eigenvalue weighted by Crippen LogP contribution is -2.17. The number of nitrogens with zero attached hydrogens (tertiary/aromatic N) is 2. The van der Waals surface area contributed by atoms with Gasteiger partial charge in [-0.3, -0.25) is 19.7 Å². The van der Waals surface area contributed by atoms with Gasteiger partial charge in [-0.15, -0.1) is 0 Å². The first-order valence-electron chi connectivity index (χ1n) is 9.60. The van der Waals surface area contributed by atoms with Crippen LogP contribution in [0, 0.1) is 10.1 Å². The molecule has 0 aliphatic heterocycles. The number of aromatic hydroxyl groups is 1. The molecule has 0 fully saturated rings. The van der Waals surface area contributed by atoms with Crippen LogP contribution in [0.5, 0.6) is 5.75 Å². The zero-order chi connectivity index (χ0) is 21.8. The van der Waals surface area contributed by atoms with E-state index in [0.717, 1.165) is 12.8 Å². The second kappa shape index (κ2) is 11.9. The molecule has 0 bridgehead atoms. The number of nitrogens with one attached hydrogen (secondary N) is 2. The predicted octanol–water partition coefficient (Wildman–Crippen LogP) is 3.73. The number of para-hydroxylation sites is 3. The Morgan fingerprint density at radius 3 is 2.30 bits per heavy atom. The van der Waals surface area contributed by atoms with Crippen molar-refractivity contribution in [2.45, 2.75) is 38.5 Å². The van der Waals surface area contributed by atoms with Gasteiger partial charge < -0.3 is 10.4 Å². The molecule has 2 amide bonds. The second-order valence-corrected chi connectivity index (χ2v) is 6.59. The Morgan fingerprint density at radius 2 is 1.60 bits per heavy atom. The van der Waals surface area contributed by atoms with Crippen LogP contribution in [0.3, 0.4) is 0 Å². The van der Waals surface area contributed by atoms with Crippen LogP contribution >= 0.6 is 0 Å². The van der Waals surface area contributed by atoms with Gasteiger partial charge in [-0.2, -0.15) is 5.10 Å². The van der Waals surface area contributed by atoms with Crippen LogP contribution in [0.1, 0.15) is 44.1 Å². The quantitative estimate of drug-likeness (QED) is 0.170. The molecule has 0 atom stereocenters. The molecular weight excluding hydrogens is 388 g/mol. The normalized spacial score (nSPS) is 10.7. The van der Waals surface area contributed by atoms with E-state index in [-0.39, 0.29) is 29.7 Å². The minimum absolute atomic E-state index is 0.0291. The predicted molar refractivity (Wildman–Crippen MR) is 113 cm³/mol. The van der Waals surface area contributed by atoms with E-state index in [2.05, 4.69) is 15.8 Å². The number of rotatable bonds is 11. The molecule has 0 spiro atoms. The number of hydrogen-bond acceptors (Lipinski definition) is 6. The van der Waals surface area contributed by atoms with Gasteiger partial charge in [0.15, 0.2) is 0 Å². The molecule has 3 N–H and O–H groups in total. The van der Waals surface area contributed by atoms with Gasteiger partial charge in [-0.1, -0.05) is 37.1 Å². The Labute approximate surface area is 174 Å². The minimum Gasteiger partial charge on any atom is -0.506 e. The minimum atomic E-state index is -0.508. The number of unbranched alkanes of at least 4 members (excludes halogenated alkanes) is 3. The summed E-state index contributed by atoms with van der Waals surface area (Å²) in [5, 5.41) is 27.0. The number of nitro benzene ring substituents is 1. The Balaban J connectivity index is 1.59. The fourth-order valence-electron chi connectivity index (χ4n) is 2.71. The average Bonchev–Trinajstić information content (AvgIpc) is 2.72. The molecule has 0 radical (unpaired) electrons. The molecule has 2 aromatic carbocycles. The highest BCUT2D eigenvalue weighted by Gasteiger charge is 2.10. The van der Waals surface area contributed by atoms with Crippen LogP contribution in [0.25, 0.3) is 0 Å². The Kier molecular flexibility index (Phi) is 8.98. The monoisotopic (exact) mass is 412 g/mol. The summed E-state index contributed by atoms with van der Waals surface area (Å²) in [4.78, 5) is 34.1. The smallest absolute Gasteiger partial charge is 0.278 e. The highest BCUT2D eigenvalue weighted by Crippen LogP contribution is 2.21. The maximum Gasteiger partial charge on any atom is 0.278 e. The number of anilines is 1. The molecule has 0 aliphatic rings. The van der Waals surface area contributed by atoms with Gasteiger partial charge in [0.2, 0.25) is 11.8 Å². The van der Waals surface area contributed by atoms with Gasteiger partial charge in [-0.05, 0) is 31.0 Å². The van der Waals surface area contributed by atoms with Crippen LogP contribution in [0.15, 0.2) is 53.6 Å². The number of carbonyl (C=O) groups excluding carboxylic acids is 2. The maximum atomic E-state index is 11.9. The van der Waals surface area contributed by atoms with Crippen LogP contribution in [-0.4, -0.2) is 28.1 Å². The molecule has 0 saturated carbocycles. The summed E-state index contributed by atoms with van der Waals surface area (Å²) >= 11 is 0. The van der Waals surface area contributed by atoms with Gasteiger partial charge in [0.05, 0.1) is 22.4 Å². The fourth-order valence-corrected chi connectivity index (χ4v) is 2.71. The summed E-state index contributed by atoms with van der Waals surface area (Å²) < 4.78 is 0. The molecular formula is C21H24N4O5. The van der Waals surface area contributed by atoms with Crippen molar-refractivity contribution in [2.24, 2.45) is 5.10 Å². The van der Waals surface area contributed by atoms with E-state index in [1.54, 1.807) is 36.4 Å². The number of phenolic OH excluding ortho intramolecular Hbond substituents is 1. The van der Waals surface area contributed by atoms with Crippen molar-refractivity contribution in [2.75, 3.05) is 5.32 Å². The summed E-state index contributed by atoms with van der Waals surface area (Å²) in [6, 6.07) is 12.7. The molecule has 0 aliphatic carbocycles. The molecule has 0 saturated heterocycles. The summed E-state index contributed by atoms with van der Waals surface area (Å²) in [6.45, 7) is 0. The van der Waals surface area contributed by atoms with Crippen molar-refractivity contribution in [3.8, 4) is 5.75 Å².